The molecule has 0 saturated carbocycles. The van der Waals surface area contributed by atoms with Crippen LogP contribution < -0.4 is 10.2 Å². The van der Waals surface area contributed by atoms with Gasteiger partial charge < -0.3 is 15.0 Å². The summed E-state index contributed by atoms with van der Waals surface area (Å²) in [7, 11) is 3.87. The van der Waals surface area contributed by atoms with Crippen LogP contribution in [-0.4, -0.2) is 36.8 Å². The van der Waals surface area contributed by atoms with Crippen molar-refractivity contribution in [2.24, 2.45) is 5.92 Å². The Kier molecular flexibility index (Phi) is 8.27. The van der Waals surface area contributed by atoms with Gasteiger partial charge in [0.2, 0.25) is 6.41 Å². The van der Waals surface area contributed by atoms with Crippen molar-refractivity contribution in [2.75, 3.05) is 19.0 Å². The Bertz CT molecular complexity index is 902. The lowest BCUT2D eigenvalue weighted by molar-refractivity contribution is -0.109. The van der Waals surface area contributed by atoms with Crippen LogP contribution >= 0.6 is 0 Å². The van der Waals surface area contributed by atoms with Gasteiger partial charge in [0.15, 0.2) is 0 Å². The van der Waals surface area contributed by atoms with Crippen LogP contribution in [0.2, 0.25) is 0 Å². The molecule has 0 spiro atoms. The predicted molar refractivity (Wildman–Crippen MR) is 117 cm³/mol. The van der Waals surface area contributed by atoms with E-state index in [2.05, 4.69) is 41.3 Å². The van der Waals surface area contributed by atoms with Crippen LogP contribution in [-0.2, 0) is 16.0 Å². The van der Waals surface area contributed by atoms with E-state index in [9.17, 15) is 9.59 Å². The number of pyridine rings is 2. The third kappa shape index (κ3) is 6.38. The van der Waals surface area contributed by atoms with E-state index >= 15 is 0 Å². The Hall–Kier alpha value is -3.28. The number of allylic oxidation sites excluding steroid dienone is 3. The zero-order valence-corrected chi connectivity index (χ0v) is 17.4. The van der Waals surface area contributed by atoms with Crippen molar-refractivity contribution in [3.05, 3.63) is 60.2 Å². The molecule has 1 N–H and O–H groups in total. The molecule has 2 rings (SSSR count). The van der Waals surface area contributed by atoms with Gasteiger partial charge >= 0.3 is 0 Å². The van der Waals surface area contributed by atoms with Gasteiger partial charge in [-0.05, 0) is 35.6 Å². The topological polar surface area (TPSA) is 75.2 Å². The zero-order chi connectivity index (χ0) is 21.2. The molecule has 29 heavy (non-hydrogen) atoms. The second kappa shape index (κ2) is 10.9. The molecular weight excluding hydrogens is 364 g/mol. The van der Waals surface area contributed by atoms with E-state index in [1.807, 2.05) is 37.3 Å². The summed E-state index contributed by atoms with van der Waals surface area (Å²) in [6, 6.07) is 4.08. The molecule has 0 aliphatic heterocycles. The molecule has 6 nitrogen and oxygen atoms in total. The fraction of sp³-hybridized carbons (Fsp3) is 0.304. The highest BCUT2D eigenvalue weighted by molar-refractivity contribution is 5.78. The monoisotopic (exact) mass is 392 g/mol. The molecule has 1 amide bonds. The maximum absolute atomic E-state index is 10.8. The molecule has 0 aromatic carbocycles. The predicted octanol–water partition coefficient (Wildman–Crippen LogP) is 3.64. The number of nitrogens with one attached hydrogen (secondary N) is 1. The van der Waals surface area contributed by atoms with Gasteiger partial charge in [-0.2, -0.15) is 0 Å². The number of amides is 1. The third-order valence-electron chi connectivity index (χ3n) is 4.27. The first-order chi connectivity index (χ1) is 14.0. The van der Waals surface area contributed by atoms with Gasteiger partial charge in [0.25, 0.3) is 0 Å². The van der Waals surface area contributed by atoms with Gasteiger partial charge in [-0.15, -0.1) is 0 Å². The van der Waals surface area contributed by atoms with Crippen molar-refractivity contribution in [3.8, 4) is 11.1 Å². The highest BCUT2D eigenvalue weighted by Gasteiger charge is 2.10. The molecule has 2 aromatic rings. The van der Waals surface area contributed by atoms with E-state index in [-0.39, 0.29) is 0 Å². The van der Waals surface area contributed by atoms with Gasteiger partial charge in [0.05, 0.1) is 0 Å². The highest BCUT2D eigenvalue weighted by Crippen LogP contribution is 2.27. The summed E-state index contributed by atoms with van der Waals surface area (Å²) < 4.78 is 0. The molecule has 2 aromatic heterocycles. The fourth-order valence-electron chi connectivity index (χ4n) is 2.87. The Labute approximate surface area is 172 Å². The third-order valence-corrected chi connectivity index (χ3v) is 4.27. The minimum absolute atomic E-state index is 0.383. The summed E-state index contributed by atoms with van der Waals surface area (Å²) in [5, 5.41) is 2.61. The fourth-order valence-corrected chi connectivity index (χ4v) is 2.87. The van der Waals surface area contributed by atoms with Crippen LogP contribution in [0.15, 0.2) is 49.1 Å². The van der Waals surface area contributed by atoms with E-state index in [0.717, 1.165) is 39.9 Å². The smallest absolute Gasteiger partial charge is 0.211 e. The van der Waals surface area contributed by atoms with Crippen molar-refractivity contribution < 1.29 is 9.59 Å². The molecule has 0 fully saturated rings. The standard InChI is InChI=1S/C23H28N4O2/c1-17(2)7-8-19(12-25-16-29)20-11-21(14-24-13-20)22-10-18(6-5-9-28)23(26-15-22)27(3)4/h7-17H,5-6H2,1-4H3,(H,25,29)/b8-7-,19-12+. The van der Waals surface area contributed by atoms with E-state index in [0.29, 0.717) is 25.2 Å². The molecule has 0 aliphatic carbocycles. The summed E-state index contributed by atoms with van der Waals surface area (Å²) in [4.78, 5) is 32.5. The molecule has 0 atom stereocenters. The number of carbonyl (C=O) groups excluding carboxylic acids is 2. The van der Waals surface area contributed by atoms with Crippen molar-refractivity contribution in [3.63, 3.8) is 0 Å². The van der Waals surface area contributed by atoms with E-state index in [1.165, 1.54) is 0 Å². The molecule has 0 unspecified atom stereocenters. The number of hydrogen-bond donors (Lipinski definition) is 1. The van der Waals surface area contributed by atoms with E-state index < -0.39 is 0 Å². The van der Waals surface area contributed by atoms with Crippen LogP contribution in [0, 0.1) is 5.92 Å². The Morgan fingerprint density at radius 1 is 1.14 bits per heavy atom. The quantitative estimate of drug-likeness (QED) is 0.493. The number of aldehydes is 1. The van der Waals surface area contributed by atoms with Crippen molar-refractivity contribution >= 4 is 24.1 Å². The molecule has 0 saturated heterocycles. The maximum Gasteiger partial charge on any atom is 0.211 e. The maximum atomic E-state index is 10.8. The lowest BCUT2D eigenvalue weighted by atomic mass is 10.0. The minimum Gasteiger partial charge on any atom is -0.363 e. The van der Waals surface area contributed by atoms with Gasteiger partial charge in [0.1, 0.15) is 12.1 Å². The van der Waals surface area contributed by atoms with Crippen molar-refractivity contribution in [2.45, 2.75) is 26.7 Å². The number of aryl methyl sites for hydroxylation is 1. The molecule has 0 bridgehead atoms. The van der Waals surface area contributed by atoms with Gasteiger partial charge in [-0.1, -0.05) is 26.0 Å². The first kappa shape index (κ1) is 22.0. The summed E-state index contributed by atoms with van der Waals surface area (Å²) in [6.45, 7) is 4.18. The second-order valence-electron chi connectivity index (χ2n) is 7.26. The second-order valence-corrected chi connectivity index (χ2v) is 7.26. The average Bonchev–Trinajstić information content (AvgIpc) is 2.72. The van der Waals surface area contributed by atoms with Crippen LogP contribution in [0.3, 0.4) is 0 Å². The summed E-state index contributed by atoms with van der Waals surface area (Å²) in [5.74, 6) is 1.24. The minimum atomic E-state index is 0.383. The van der Waals surface area contributed by atoms with Crippen molar-refractivity contribution in [1.82, 2.24) is 15.3 Å². The van der Waals surface area contributed by atoms with Crippen LogP contribution in [0.4, 0.5) is 5.82 Å². The molecule has 0 aliphatic rings. The number of rotatable bonds is 10. The average molecular weight is 393 g/mol. The first-order valence-electron chi connectivity index (χ1n) is 9.60. The van der Waals surface area contributed by atoms with Crippen LogP contribution in [0.1, 0.15) is 31.4 Å². The zero-order valence-electron chi connectivity index (χ0n) is 17.4. The number of aromatic nitrogens is 2. The Morgan fingerprint density at radius 3 is 2.55 bits per heavy atom. The summed E-state index contributed by atoms with van der Waals surface area (Å²) in [5.41, 5.74) is 4.62. The molecule has 6 heteroatoms. The first-order valence-corrected chi connectivity index (χ1v) is 9.60. The van der Waals surface area contributed by atoms with E-state index in [4.69, 9.17) is 0 Å². The SMILES string of the molecule is CC(C)/C=C\C(=C/NC=O)c1cncc(-c2cnc(N(C)C)c(CCC=O)c2)c1. The normalized spacial score (nSPS) is 11.7. The van der Waals surface area contributed by atoms with Gasteiger partial charge in [-0.3, -0.25) is 9.78 Å². The van der Waals surface area contributed by atoms with E-state index in [1.54, 1.807) is 18.6 Å². The lowest BCUT2D eigenvalue weighted by Crippen LogP contribution is -2.13. The lowest BCUT2D eigenvalue weighted by Gasteiger charge is -2.17. The Balaban J connectivity index is 2.46. The number of carbonyl (C=O) groups is 2. The van der Waals surface area contributed by atoms with Gasteiger partial charge in [-0.25, -0.2) is 4.98 Å². The largest absolute Gasteiger partial charge is 0.363 e. The summed E-state index contributed by atoms with van der Waals surface area (Å²) in [6.07, 6.45) is 13.7. The van der Waals surface area contributed by atoms with Crippen molar-refractivity contribution in [1.29, 1.82) is 0 Å². The number of anilines is 1. The molecule has 0 radical (unpaired) electrons. The van der Waals surface area contributed by atoms with Gasteiger partial charge in [0, 0.05) is 62.0 Å². The number of hydrogen-bond acceptors (Lipinski definition) is 5. The van der Waals surface area contributed by atoms with Crippen LogP contribution in [0.25, 0.3) is 16.7 Å². The highest BCUT2D eigenvalue weighted by atomic mass is 16.1. The molecule has 2 heterocycles. The molecule has 152 valence electrons. The number of nitrogens with zero attached hydrogens (tertiary/aromatic N) is 3. The van der Waals surface area contributed by atoms with Crippen LogP contribution in [0.5, 0.6) is 0 Å². The summed E-state index contributed by atoms with van der Waals surface area (Å²) >= 11 is 0. The molecular formula is C23H28N4O2. The Morgan fingerprint density at radius 2 is 1.90 bits per heavy atom.